The summed E-state index contributed by atoms with van der Waals surface area (Å²) in [6, 6.07) is 10.3. The molecule has 0 saturated heterocycles. The summed E-state index contributed by atoms with van der Waals surface area (Å²) in [5.41, 5.74) is 2.29. The first-order valence-corrected chi connectivity index (χ1v) is 6.98. The Morgan fingerprint density at radius 3 is 2.81 bits per heavy atom. The molecule has 3 aromatic rings. The molecule has 0 amide bonds. The third-order valence-corrected chi connectivity index (χ3v) is 3.34. The van der Waals surface area contributed by atoms with Crippen molar-refractivity contribution < 1.29 is 0 Å². The summed E-state index contributed by atoms with van der Waals surface area (Å²) in [4.78, 5) is 8.52. The van der Waals surface area contributed by atoms with Gasteiger partial charge < -0.3 is 5.32 Å². The number of aromatic amines is 1. The molecule has 0 aliphatic heterocycles. The van der Waals surface area contributed by atoms with Crippen molar-refractivity contribution in [3.8, 4) is 5.69 Å². The van der Waals surface area contributed by atoms with Gasteiger partial charge in [-0.05, 0) is 19.1 Å². The van der Waals surface area contributed by atoms with Crippen molar-refractivity contribution in [3.63, 3.8) is 0 Å². The van der Waals surface area contributed by atoms with Gasteiger partial charge in [0.05, 0.1) is 11.9 Å². The van der Waals surface area contributed by atoms with Crippen LogP contribution in [0.2, 0.25) is 0 Å². The van der Waals surface area contributed by atoms with Crippen LogP contribution in [0.25, 0.3) is 5.69 Å². The average molecular weight is 282 g/mol. The first-order valence-electron chi connectivity index (χ1n) is 6.98. The predicted molar refractivity (Wildman–Crippen MR) is 80.1 cm³/mol. The van der Waals surface area contributed by atoms with Gasteiger partial charge in [-0.1, -0.05) is 18.2 Å². The smallest absolute Gasteiger partial charge is 0.137 e. The number of H-pyrrole nitrogens is 1. The van der Waals surface area contributed by atoms with Crippen molar-refractivity contribution >= 4 is 0 Å². The maximum absolute atomic E-state index is 4.42. The van der Waals surface area contributed by atoms with E-state index in [0.717, 1.165) is 42.5 Å². The zero-order valence-corrected chi connectivity index (χ0v) is 12.0. The normalized spacial score (nSPS) is 10.9. The minimum absolute atomic E-state index is 0.768. The molecule has 0 radical (unpaired) electrons. The lowest BCUT2D eigenvalue weighted by Gasteiger charge is -2.10. The second kappa shape index (κ2) is 6.32. The summed E-state index contributed by atoms with van der Waals surface area (Å²) in [5.74, 6) is 1.89. The van der Waals surface area contributed by atoms with Gasteiger partial charge in [-0.15, -0.1) is 0 Å². The summed E-state index contributed by atoms with van der Waals surface area (Å²) < 4.78 is 2.17. The van der Waals surface area contributed by atoms with Crippen LogP contribution >= 0.6 is 0 Å². The lowest BCUT2D eigenvalue weighted by atomic mass is 10.3. The molecule has 1 aromatic carbocycles. The zero-order chi connectivity index (χ0) is 14.5. The van der Waals surface area contributed by atoms with E-state index in [1.54, 1.807) is 0 Å². The maximum Gasteiger partial charge on any atom is 0.137 e. The molecule has 2 aromatic heterocycles. The first-order chi connectivity index (χ1) is 10.3. The number of hydrogen-bond acceptors (Lipinski definition) is 4. The highest BCUT2D eigenvalue weighted by molar-refractivity contribution is 5.35. The van der Waals surface area contributed by atoms with E-state index >= 15 is 0 Å². The van der Waals surface area contributed by atoms with Crippen LogP contribution in [-0.4, -0.2) is 31.3 Å². The van der Waals surface area contributed by atoms with Crippen LogP contribution in [0.1, 0.15) is 17.3 Å². The Bertz CT molecular complexity index is 672. The van der Waals surface area contributed by atoms with Crippen LogP contribution in [0.5, 0.6) is 0 Å². The first kappa shape index (κ1) is 13.5. The highest BCUT2D eigenvalue weighted by Crippen LogP contribution is 2.14. The number of nitrogens with one attached hydrogen (secondary N) is 2. The van der Waals surface area contributed by atoms with Crippen molar-refractivity contribution in [2.75, 3.05) is 6.54 Å². The molecular weight excluding hydrogens is 264 g/mol. The van der Waals surface area contributed by atoms with E-state index in [4.69, 9.17) is 0 Å². The number of hydrogen-bond donors (Lipinski definition) is 2. The van der Waals surface area contributed by atoms with E-state index in [2.05, 4.69) is 42.2 Å². The van der Waals surface area contributed by atoms with Crippen molar-refractivity contribution in [2.45, 2.75) is 19.9 Å². The zero-order valence-electron chi connectivity index (χ0n) is 12.0. The van der Waals surface area contributed by atoms with Crippen molar-refractivity contribution in [3.05, 3.63) is 60.2 Å². The standard InChI is InChI=1S/C15H18N6/c1-12-17-10-14(21(12)13-5-3-2-4-6-13)9-16-8-7-15-18-11-19-20-15/h2-6,10-11,16H,7-9H2,1H3,(H,18,19,20). The molecule has 0 bridgehead atoms. The molecule has 6 nitrogen and oxygen atoms in total. The van der Waals surface area contributed by atoms with Gasteiger partial charge in [-0.25, -0.2) is 9.97 Å². The van der Waals surface area contributed by atoms with Crippen LogP contribution < -0.4 is 5.32 Å². The third-order valence-electron chi connectivity index (χ3n) is 3.34. The van der Waals surface area contributed by atoms with Gasteiger partial charge in [0, 0.05) is 25.2 Å². The van der Waals surface area contributed by atoms with E-state index in [0.29, 0.717) is 0 Å². The molecule has 0 fully saturated rings. The number of imidazole rings is 1. The number of aryl methyl sites for hydroxylation is 1. The Morgan fingerprint density at radius 2 is 2.05 bits per heavy atom. The summed E-state index contributed by atoms with van der Waals surface area (Å²) >= 11 is 0. The molecule has 2 heterocycles. The Labute approximate surface area is 123 Å². The second-order valence-electron chi connectivity index (χ2n) is 4.83. The maximum atomic E-state index is 4.42. The quantitative estimate of drug-likeness (QED) is 0.674. The van der Waals surface area contributed by atoms with Gasteiger partial charge in [-0.2, -0.15) is 5.10 Å². The van der Waals surface area contributed by atoms with E-state index in [9.17, 15) is 0 Å². The molecule has 0 spiro atoms. The monoisotopic (exact) mass is 282 g/mol. The molecule has 6 heteroatoms. The number of benzene rings is 1. The fourth-order valence-electron chi connectivity index (χ4n) is 2.32. The summed E-state index contributed by atoms with van der Waals surface area (Å²) in [7, 11) is 0. The fourth-order valence-corrected chi connectivity index (χ4v) is 2.32. The topological polar surface area (TPSA) is 71.4 Å². The number of rotatable bonds is 6. The highest BCUT2D eigenvalue weighted by Gasteiger charge is 2.08. The van der Waals surface area contributed by atoms with Gasteiger partial charge in [0.25, 0.3) is 0 Å². The van der Waals surface area contributed by atoms with E-state index in [-0.39, 0.29) is 0 Å². The van der Waals surface area contributed by atoms with Crippen LogP contribution in [0, 0.1) is 6.92 Å². The minimum atomic E-state index is 0.768. The van der Waals surface area contributed by atoms with Gasteiger partial charge in [0.2, 0.25) is 0 Å². The SMILES string of the molecule is Cc1ncc(CNCCc2ncn[nH]2)n1-c1ccccc1. The lowest BCUT2D eigenvalue weighted by molar-refractivity contribution is 0.652. The molecule has 0 atom stereocenters. The minimum Gasteiger partial charge on any atom is -0.311 e. The van der Waals surface area contributed by atoms with E-state index < -0.39 is 0 Å². The Balaban J connectivity index is 1.64. The lowest BCUT2D eigenvalue weighted by Crippen LogP contribution is -2.19. The highest BCUT2D eigenvalue weighted by atomic mass is 15.2. The molecule has 0 aliphatic carbocycles. The van der Waals surface area contributed by atoms with Gasteiger partial charge in [0.1, 0.15) is 18.0 Å². The van der Waals surface area contributed by atoms with Crippen LogP contribution in [0.15, 0.2) is 42.9 Å². The molecule has 0 aliphatic rings. The van der Waals surface area contributed by atoms with Crippen LogP contribution in [0.4, 0.5) is 0 Å². The molecule has 0 saturated carbocycles. The Kier molecular flexibility index (Phi) is 4.07. The molecule has 21 heavy (non-hydrogen) atoms. The van der Waals surface area contributed by atoms with Gasteiger partial charge >= 0.3 is 0 Å². The number of aromatic nitrogens is 5. The molecule has 2 N–H and O–H groups in total. The molecule has 0 unspecified atom stereocenters. The summed E-state index contributed by atoms with van der Waals surface area (Å²) in [5, 5.41) is 10.1. The van der Waals surface area contributed by atoms with Crippen molar-refractivity contribution in [1.82, 2.24) is 30.0 Å². The van der Waals surface area contributed by atoms with Crippen LogP contribution in [0.3, 0.4) is 0 Å². The predicted octanol–water partition coefficient (Wildman–Crippen LogP) is 1.63. The molecular formula is C15H18N6. The largest absolute Gasteiger partial charge is 0.311 e. The molecule has 108 valence electrons. The fraction of sp³-hybridized carbons (Fsp3) is 0.267. The Hall–Kier alpha value is -2.47. The number of para-hydroxylation sites is 1. The average Bonchev–Trinajstić information content (AvgIpc) is 3.14. The van der Waals surface area contributed by atoms with E-state index in [1.165, 1.54) is 6.33 Å². The Morgan fingerprint density at radius 1 is 1.19 bits per heavy atom. The summed E-state index contributed by atoms with van der Waals surface area (Å²) in [6.45, 7) is 3.63. The van der Waals surface area contributed by atoms with Crippen molar-refractivity contribution in [1.29, 1.82) is 0 Å². The number of nitrogens with zero attached hydrogens (tertiary/aromatic N) is 4. The van der Waals surface area contributed by atoms with E-state index in [1.807, 2.05) is 31.3 Å². The third kappa shape index (κ3) is 3.17. The van der Waals surface area contributed by atoms with Crippen LogP contribution in [-0.2, 0) is 13.0 Å². The summed E-state index contributed by atoms with van der Waals surface area (Å²) in [6.07, 6.45) is 4.28. The van der Waals surface area contributed by atoms with Gasteiger partial charge in [0.15, 0.2) is 0 Å². The molecule has 3 rings (SSSR count). The van der Waals surface area contributed by atoms with Crippen molar-refractivity contribution in [2.24, 2.45) is 0 Å². The van der Waals surface area contributed by atoms with Gasteiger partial charge in [-0.3, -0.25) is 9.67 Å². The second-order valence-corrected chi connectivity index (χ2v) is 4.83.